The summed E-state index contributed by atoms with van der Waals surface area (Å²) in [4.78, 5) is 0. The van der Waals surface area contributed by atoms with Gasteiger partial charge in [-0.3, -0.25) is 0 Å². The molecule has 0 bridgehead atoms. The summed E-state index contributed by atoms with van der Waals surface area (Å²) in [5, 5.41) is 47.7. The molecule has 2 rings (SSSR count). The predicted molar refractivity (Wildman–Crippen MR) is 69.1 cm³/mol. The van der Waals surface area contributed by atoms with E-state index in [1.54, 1.807) is 0 Å². The molecule has 0 amide bonds. The number of aromatic hydroxyl groups is 1. The van der Waals surface area contributed by atoms with Gasteiger partial charge in [0.05, 0.1) is 13.7 Å². The van der Waals surface area contributed by atoms with Crippen LogP contribution in [0, 0.1) is 0 Å². The third-order valence-electron chi connectivity index (χ3n) is 3.24. The fourth-order valence-electron chi connectivity index (χ4n) is 2.04. The summed E-state index contributed by atoms with van der Waals surface area (Å²) in [5.41, 5.74) is 0. The van der Waals surface area contributed by atoms with Crippen LogP contribution in [0.25, 0.3) is 0 Å². The van der Waals surface area contributed by atoms with E-state index in [2.05, 4.69) is 0 Å². The van der Waals surface area contributed by atoms with Gasteiger partial charge >= 0.3 is 0 Å². The second kappa shape index (κ2) is 6.46. The van der Waals surface area contributed by atoms with E-state index in [9.17, 15) is 20.4 Å². The third kappa shape index (κ3) is 3.20. The van der Waals surface area contributed by atoms with Gasteiger partial charge in [-0.15, -0.1) is 0 Å². The first-order chi connectivity index (χ1) is 9.97. The van der Waals surface area contributed by atoms with Crippen LogP contribution in [0.2, 0.25) is 0 Å². The molecule has 5 N–H and O–H groups in total. The number of ether oxygens (including phenoxy) is 3. The van der Waals surface area contributed by atoms with Crippen molar-refractivity contribution in [2.24, 2.45) is 0 Å². The van der Waals surface area contributed by atoms with Gasteiger partial charge in [0.25, 0.3) is 0 Å². The standard InChI is InChI=1S/C13H18O8/c1-19-8-4-6(15)2-3-7(8)20-13-12(18)11(17)10(16)9(5-14)21-13/h2-4,9-18H,5H2,1H3/t9-,10-,11+,12-,13-/m1/s1. The first-order valence-corrected chi connectivity index (χ1v) is 6.32. The van der Waals surface area contributed by atoms with Crippen molar-refractivity contribution in [3.63, 3.8) is 0 Å². The van der Waals surface area contributed by atoms with Gasteiger partial charge in [0, 0.05) is 6.07 Å². The number of hydrogen-bond donors (Lipinski definition) is 5. The first kappa shape index (κ1) is 15.8. The monoisotopic (exact) mass is 302 g/mol. The zero-order chi connectivity index (χ0) is 15.6. The number of benzene rings is 1. The minimum atomic E-state index is -1.52. The van der Waals surface area contributed by atoms with Gasteiger partial charge in [-0.1, -0.05) is 0 Å². The van der Waals surface area contributed by atoms with Gasteiger partial charge in [-0.05, 0) is 12.1 Å². The molecule has 1 saturated heterocycles. The second-order valence-electron chi connectivity index (χ2n) is 4.65. The van der Waals surface area contributed by atoms with Crippen LogP contribution in [0.15, 0.2) is 18.2 Å². The van der Waals surface area contributed by atoms with Gasteiger partial charge in [-0.2, -0.15) is 0 Å². The molecule has 21 heavy (non-hydrogen) atoms. The summed E-state index contributed by atoms with van der Waals surface area (Å²) in [5.74, 6) is 0.333. The topological polar surface area (TPSA) is 129 Å². The van der Waals surface area contributed by atoms with E-state index in [1.807, 2.05) is 0 Å². The number of aliphatic hydroxyl groups is 4. The van der Waals surface area contributed by atoms with Crippen molar-refractivity contribution in [3.05, 3.63) is 18.2 Å². The van der Waals surface area contributed by atoms with Crippen LogP contribution < -0.4 is 9.47 Å². The molecule has 0 unspecified atom stereocenters. The highest BCUT2D eigenvalue weighted by Gasteiger charge is 2.44. The SMILES string of the molecule is COc1cc(O)ccc1O[C@@H]1O[C@H](CO)[C@@H](O)[C@H](O)[C@H]1O. The normalized spacial score (nSPS) is 32.7. The zero-order valence-electron chi connectivity index (χ0n) is 11.3. The minimum absolute atomic E-state index is 0.0343. The molecule has 1 aliphatic heterocycles. The highest BCUT2D eigenvalue weighted by molar-refractivity contribution is 5.45. The fourth-order valence-corrected chi connectivity index (χ4v) is 2.04. The number of phenolic OH excluding ortho intramolecular Hbond substituents is 1. The second-order valence-corrected chi connectivity index (χ2v) is 4.65. The van der Waals surface area contributed by atoms with Crippen LogP contribution in [0.3, 0.4) is 0 Å². The highest BCUT2D eigenvalue weighted by atomic mass is 16.7. The number of methoxy groups -OCH3 is 1. The van der Waals surface area contributed by atoms with Crippen molar-refractivity contribution in [2.45, 2.75) is 30.7 Å². The number of aliphatic hydroxyl groups excluding tert-OH is 4. The molecule has 8 nitrogen and oxygen atoms in total. The van der Waals surface area contributed by atoms with E-state index in [-0.39, 0.29) is 17.2 Å². The van der Waals surface area contributed by atoms with Crippen LogP contribution in [-0.4, -0.2) is 70.0 Å². The maximum absolute atomic E-state index is 9.87. The maximum atomic E-state index is 9.87. The van der Waals surface area contributed by atoms with Crippen molar-refractivity contribution < 1.29 is 39.7 Å². The first-order valence-electron chi connectivity index (χ1n) is 6.32. The average Bonchev–Trinajstić information content (AvgIpc) is 2.49. The van der Waals surface area contributed by atoms with E-state index in [0.29, 0.717) is 0 Å². The van der Waals surface area contributed by atoms with Crippen LogP contribution in [0.4, 0.5) is 0 Å². The lowest BCUT2D eigenvalue weighted by atomic mass is 9.99. The number of hydrogen-bond acceptors (Lipinski definition) is 8. The molecule has 0 aliphatic carbocycles. The van der Waals surface area contributed by atoms with Crippen LogP contribution in [0.5, 0.6) is 17.2 Å². The Labute approximate surface area is 120 Å². The molecule has 1 fully saturated rings. The van der Waals surface area contributed by atoms with Gasteiger partial charge < -0.3 is 39.7 Å². The Morgan fingerprint density at radius 1 is 1.10 bits per heavy atom. The van der Waals surface area contributed by atoms with Crippen molar-refractivity contribution in [1.82, 2.24) is 0 Å². The van der Waals surface area contributed by atoms with Crippen LogP contribution in [-0.2, 0) is 4.74 Å². The predicted octanol–water partition coefficient (Wildman–Crippen LogP) is -1.42. The summed E-state index contributed by atoms with van der Waals surface area (Å²) < 4.78 is 15.6. The maximum Gasteiger partial charge on any atom is 0.229 e. The Kier molecular flexibility index (Phi) is 4.86. The van der Waals surface area contributed by atoms with Gasteiger partial charge in [0.1, 0.15) is 30.2 Å². The lowest BCUT2D eigenvalue weighted by Crippen LogP contribution is -2.60. The average molecular weight is 302 g/mol. The van der Waals surface area contributed by atoms with E-state index < -0.39 is 37.3 Å². The molecule has 0 radical (unpaired) electrons. The largest absolute Gasteiger partial charge is 0.508 e. The Hall–Kier alpha value is -1.58. The summed E-state index contributed by atoms with van der Waals surface area (Å²) in [6.45, 7) is -0.544. The van der Waals surface area contributed by atoms with Crippen molar-refractivity contribution in [1.29, 1.82) is 0 Å². The lowest BCUT2D eigenvalue weighted by molar-refractivity contribution is -0.277. The smallest absolute Gasteiger partial charge is 0.229 e. The lowest BCUT2D eigenvalue weighted by Gasteiger charge is -2.39. The van der Waals surface area contributed by atoms with Gasteiger partial charge in [-0.25, -0.2) is 0 Å². The quantitative estimate of drug-likeness (QED) is 0.458. The summed E-state index contributed by atoms with van der Waals surface area (Å²) in [6, 6.07) is 4.05. The summed E-state index contributed by atoms with van der Waals surface area (Å²) in [6.07, 6.45) is -6.85. The molecule has 1 aromatic carbocycles. The Bertz CT molecular complexity index is 477. The highest BCUT2D eigenvalue weighted by Crippen LogP contribution is 2.33. The fraction of sp³-hybridized carbons (Fsp3) is 0.538. The zero-order valence-corrected chi connectivity index (χ0v) is 11.3. The molecule has 0 spiro atoms. The molecule has 1 aliphatic rings. The van der Waals surface area contributed by atoms with E-state index in [4.69, 9.17) is 19.3 Å². The molecular formula is C13H18O8. The van der Waals surface area contributed by atoms with E-state index in [0.717, 1.165) is 0 Å². The third-order valence-corrected chi connectivity index (χ3v) is 3.24. The van der Waals surface area contributed by atoms with Crippen LogP contribution >= 0.6 is 0 Å². The molecular weight excluding hydrogens is 284 g/mol. The Morgan fingerprint density at radius 2 is 1.81 bits per heavy atom. The van der Waals surface area contributed by atoms with E-state index in [1.165, 1.54) is 25.3 Å². The molecule has 0 aromatic heterocycles. The Balaban J connectivity index is 2.18. The minimum Gasteiger partial charge on any atom is -0.508 e. The number of phenols is 1. The van der Waals surface area contributed by atoms with E-state index >= 15 is 0 Å². The van der Waals surface area contributed by atoms with Crippen LogP contribution in [0.1, 0.15) is 0 Å². The van der Waals surface area contributed by atoms with Crippen molar-refractivity contribution in [2.75, 3.05) is 13.7 Å². The van der Waals surface area contributed by atoms with Crippen molar-refractivity contribution >= 4 is 0 Å². The molecule has 118 valence electrons. The van der Waals surface area contributed by atoms with Gasteiger partial charge in [0.15, 0.2) is 11.5 Å². The summed E-state index contributed by atoms with van der Waals surface area (Å²) in [7, 11) is 1.37. The molecule has 0 saturated carbocycles. The van der Waals surface area contributed by atoms with Gasteiger partial charge in [0.2, 0.25) is 6.29 Å². The molecule has 8 heteroatoms. The molecule has 5 atom stereocenters. The number of rotatable bonds is 4. The molecule has 1 aromatic rings. The summed E-state index contributed by atoms with van der Waals surface area (Å²) >= 11 is 0. The molecule has 1 heterocycles. The Morgan fingerprint density at radius 3 is 2.43 bits per heavy atom. The van der Waals surface area contributed by atoms with Crippen molar-refractivity contribution in [3.8, 4) is 17.2 Å².